The fourth-order valence-electron chi connectivity index (χ4n) is 3.78. The largest absolute Gasteiger partial charge is 0.503 e. The van der Waals surface area contributed by atoms with Crippen LogP contribution in [-0.4, -0.2) is 41.0 Å². The van der Waals surface area contributed by atoms with Crippen LogP contribution < -0.4 is 0 Å². The molecule has 3 rings (SSSR count). The van der Waals surface area contributed by atoms with Gasteiger partial charge in [0.05, 0.1) is 17.7 Å². The van der Waals surface area contributed by atoms with Crippen molar-refractivity contribution in [2.75, 3.05) is 13.2 Å². The van der Waals surface area contributed by atoms with Gasteiger partial charge in [0.25, 0.3) is 5.91 Å². The molecule has 164 valence electrons. The maximum atomic E-state index is 14.7. The van der Waals surface area contributed by atoms with Crippen molar-refractivity contribution in [1.82, 2.24) is 4.90 Å². The first-order chi connectivity index (χ1) is 14.9. The predicted octanol–water partition coefficient (Wildman–Crippen LogP) is 4.54. The monoisotopic (exact) mass is 425 g/mol. The first-order valence-corrected chi connectivity index (χ1v) is 10.6. The van der Waals surface area contributed by atoms with Crippen molar-refractivity contribution in [2.45, 2.75) is 45.3 Å². The van der Waals surface area contributed by atoms with Crippen LogP contribution in [0.3, 0.4) is 0 Å². The number of nitrogens with zero attached hydrogens (tertiary/aromatic N) is 1. The highest BCUT2D eigenvalue weighted by Gasteiger charge is 2.43. The Bertz CT molecular complexity index is 955. The number of rotatable bonds is 10. The number of halogens is 1. The third kappa shape index (κ3) is 5.39. The van der Waals surface area contributed by atoms with Crippen LogP contribution >= 0.6 is 0 Å². The standard InChI is InChI=1S/C25H28FNO4/c1-17(2)31-16-8-15-27-23(19-11-6-7-12-20(19)26)22(24(29)25(27)30)21(28)14-13-18-9-4-3-5-10-18/h3-7,9-12,17,23,29H,8,13-16H2,1-2H3. The van der Waals surface area contributed by atoms with Crippen LogP contribution in [0.2, 0.25) is 0 Å². The fraction of sp³-hybridized carbons (Fsp3) is 0.360. The van der Waals surface area contributed by atoms with Gasteiger partial charge in [0.1, 0.15) is 5.82 Å². The van der Waals surface area contributed by atoms with Gasteiger partial charge in [0.2, 0.25) is 0 Å². The minimum Gasteiger partial charge on any atom is -0.503 e. The molecule has 0 saturated carbocycles. The van der Waals surface area contributed by atoms with Crippen LogP contribution in [0.5, 0.6) is 0 Å². The van der Waals surface area contributed by atoms with Gasteiger partial charge in [-0.3, -0.25) is 9.59 Å². The summed E-state index contributed by atoms with van der Waals surface area (Å²) in [5.41, 5.74) is 1.15. The number of aliphatic hydroxyl groups excluding tert-OH is 1. The van der Waals surface area contributed by atoms with Crippen molar-refractivity contribution in [3.8, 4) is 0 Å². The Kier molecular flexibility index (Phi) is 7.58. The molecule has 5 nitrogen and oxygen atoms in total. The van der Waals surface area contributed by atoms with E-state index in [1.54, 1.807) is 18.2 Å². The third-order valence-electron chi connectivity index (χ3n) is 5.28. The molecule has 0 spiro atoms. The summed E-state index contributed by atoms with van der Waals surface area (Å²) in [7, 11) is 0. The van der Waals surface area contributed by atoms with E-state index in [4.69, 9.17) is 4.74 Å². The number of hydrogen-bond donors (Lipinski definition) is 1. The zero-order chi connectivity index (χ0) is 22.4. The van der Waals surface area contributed by atoms with Crippen molar-refractivity contribution in [3.05, 3.63) is 82.9 Å². The van der Waals surface area contributed by atoms with E-state index >= 15 is 0 Å². The van der Waals surface area contributed by atoms with Gasteiger partial charge in [-0.15, -0.1) is 0 Å². The molecule has 1 aliphatic heterocycles. The Morgan fingerprint density at radius 2 is 1.81 bits per heavy atom. The van der Waals surface area contributed by atoms with Gasteiger partial charge in [0, 0.05) is 25.1 Å². The van der Waals surface area contributed by atoms with E-state index in [9.17, 15) is 19.1 Å². The number of benzene rings is 2. The quantitative estimate of drug-likeness (QED) is 0.568. The Labute approximate surface area is 182 Å². The molecule has 31 heavy (non-hydrogen) atoms. The Morgan fingerprint density at radius 3 is 2.48 bits per heavy atom. The van der Waals surface area contributed by atoms with Crippen molar-refractivity contribution >= 4 is 11.7 Å². The summed E-state index contributed by atoms with van der Waals surface area (Å²) in [4.78, 5) is 27.3. The Morgan fingerprint density at radius 1 is 1.13 bits per heavy atom. The van der Waals surface area contributed by atoms with E-state index in [1.165, 1.54) is 11.0 Å². The summed E-state index contributed by atoms with van der Waals surface area (Å²) in [5, 5.41) is 10.6. The molecule has 0 aliphatic carbocycles. The van der Waals surface area contributed by atoms with Gasteiger partial charge in [-0.05, 0) is 38.3 Å². The van der Waals surface area contributed by atoms with Crippen LogP contribution in [0.1, 0.15) is 43.9 Å². The number of hydrogen-bond acceptors (Lipinski definition) is 4. The lowest BCUT2D eigenvalue weighted by molar-refractivity contribution is -0.129. The Hall–Kier alpha value is -2.99. The zero-order valence-corrected chi connectivity index (χ0v) is 17.9. The van der Waals surface area contributed by atoms with Gasteiger partial charge >= 0.3 is 0 Å². The molecular formula is C25H28FNO4. The first kappa shape index (κ1) is 22.7. The molecule has 6 heteroatoms. The van der Waals surface area contributed by atoms with Crippen LogP contribution in [0.4, 0.5) is 4.39 Å². The lowest BCUT2D eigenvalue weighted by Crippen LogP contribution is -2.33. The molecule has 1 aliphatic rings. The minimum absolute atomic E-state index is 0.0317. The van der Waals surface area contributed by atoms with Gasteiger partial charge in [-0.1, -0.05) is 48.5 Å². The van der Waals surface area contributed by atoms with E-state index in [2.05, 4.69) is 0 Å². The Balaban J connectivity index is 1.85. The number of carbonyl (C=O) groups is 2. The van der Waals surface area contributed by atoms with Crippen molar-refractivity contribution in [1.29, 1.82) is 0 Å². The zero-order valence-electron chi connectivity index (χ0n) is 17.9. The van der Waals surface area contributed by atoms with Gasteiger partial charge in [-0.25, -0.2) is 4.39 Å². The first-order valence-electron chi connectivity index (χ1n) is 10.6. The lowest BCUT2D eigenvalue weighted by atomic mass is 9.93. The number of ketones is 1. The summed E-state index contributed by atoms with van der Waals surface area (Å²) in [6.07, 6.45) is 1.15. The normalized spacial score (nSPS) is 16.5. The second-order valence-electron chi connectivity index (χ2n) is 7.87. The molecule has 2 aromatic rings. The highest BCUT2D eigenvalue weighted by atomic mass is 19.1. The molecule has 1 heterocycles. The second-order valence-corrected chi connectivity index (χ2v) is 7.87. The van der Waals surface area contributed by atoms with Crippen LogP contribution in [0.15, 0.2) is 65.9 Å². The minimum atomic E-state index is -0.948. The summed E-state index contributed by atoms with van der Waals surface area (Å²) in [5.74, 6) is -2.12. The van der Waals surface area contributed by atoms with Gasteiger partial charge in [-0.2, -0.15) is 0 Å². The highest BCUT2D eigenvalue weighted by Crippen LogP contribution is 2.39. The molecule has 0 radical (unpaired) electrons. The average molecular weight is 426 g/mol. The molecule has 1 amide bonds. The van der Waals surface area contributed by atoms with E-state index < -0.39 is 23.5 Å². The summed E-state index contributed by atoms with van der Waals surface area (Å²) in [6, 6.07) is 14.6. The van der Waals surface area contributed by atoms with Crippen LogP contribution in [-0.2, 0) is 20.7 Å². The molecule has 0 fully saturated rings. The molecule has 1 unspecified atom stereocenters. The molecule has 1 N–H and O–H groups in total. The predicted molar refractivity (Wildman–Crippen MR) is 116 cm³/mol. The van der Waals surface area contributed by atoms with E-state index in [-0.39, 0.29) is 36.0 Å². The van der Waals surface area contributed by atoms with Gasteiger partial charge < -0.3 is 14.7 Å². The molecule has 0 aromatic heterocycles. The number of Topliss-reactive ketones (excluding diaryl/α,β-unsaturated/α-hetero) is 1. The van der Waals surface area contributed by atoms with E-state index in [0.717, 1.165) is 5.56 Å². The van der Waals surface area contributed by atoms with Crippen molar-refractivity contribution in [2.24, 2.45) is 0 Å². The average Bonchev–Trinajstić information content (AvgIpc) is 3.01. The number of ether oxygens (including phenoxy) is 1. The van der Waals surface area contributed by atoms with Crippen LogP contribution in [0.25, 0.3) is 0 Å². The smallest absolute Gasteiger partial charge is 0.290 e. The topological polar surface area (TPSA) is 66.8 Å². The molecular weight excluding hydrogens is 397 g/mol. The number of carbonyl (C=O) groups excluding carboxylic acids is 2. The number of aryl methyl sites for hydroxylation is 1. The highest BCUT2D eigenvalue weighted by molar-refractivity contribution is 6.09. The van der Waals surface area contributed by atoms with Crippen LogP contribution in [0, 0.1) is 5.82 Å². The maximum Gasteiger partial charge on any atom is 0.290 e. The summed E-state index contributed by atoms with van der Waals surface area (Å²) < 4.78 is 20.2. The second kappa shape index (κ2) is 10.4. The van der Waals surface area contributed by atoms with Crippen molar-refractivity contribution in [3.63, 3.8) is 0 Å². The third-order valence-corrected chi connectivity index (χ3v) is 5.28. The molecule has 1 atom stereocenters. The fourth-order valence-corrected chi connectivity index (χ4v) is 3.78. The molecule has 0 bridgehead atoms. The van der Waals surface area contributed by atoms with E-state index in [1.807, 2.05) is 44.2 Å². The van der Waals surface area contributed by atoms with Crippen molar-refractivity contribution < 1.29 is 23.8 Å². The van der Waals surface area contributed by atoms with Gasteiger partial charge in [0.15, 0.2) is 11.5 Å². The molecule has 2 aromatic carbocycles. The number of amides is 1. The SMILES string of the molecule is CC(C)OCCCN1C(=O)C(O)=C(C(=O)CCc2ccccc2)C1c1ccccc1F. The summed E-state index contributed by atoms with van der Waals surface area (Å²) >= 11 is 0. The number of aliphatic hydroxyl groups is 1. The van der Waals surface area contributed by atoms with E-state index in [0.29, 0.717) is 19.4 Å². The lowest BCUT2D eigenvalue weighted by Gasteiger charge is -2.27. The maximum absolute atomic E-state index is 14.7. The molecule has 0 saturated heterocycles. The summed E-state index contributed by atoms with van der Waals surface area (Å²) in [6.45, 7) is 4.49.